The Labute approximate surface area is 134 Å². The summed E-state index contributed by atoms with van der Waals surface area (Å²) < 4.78 is 5.27. The lowest BCUT2D eigenvalue weighted by Gasteiger charge is -2.27. The van der Waals surface area contributed by atoms with E-state index in [0.29, 0.717) is 12.6 Å². The molecule has 20 heavy (non-hydrogen) atoms. The van der Waals surface area contributed by atoms with Crippen LogP contribution in [0.5, 0.6) is 0 Å². The first-order chi connectivity index (χ1) is 8.52. The van der Waals surface area contributed by atoms with Crippen LogP contribution < -0.4 is 11.1 Å². The number of carbonyl (C=O) groups is 1. The molecule has 0 aromatic heterocycles. The van der Waals surface area contributed by atoms with E-state index in [0.717, 1.165) is 32.6 Å². The lowest BCUT2D eigenvalue weighted by molar-refractivity contribution is -0.124. The maximum absolute atomic E-state index is 11.9. The van der Waals surface area contributed by atoms with Gasteiger partial charge in [-0.2, -0.15) is 0 Å². The molecule has 5 nitrogen and oxygen atoms in total. The predicted octanol–water partition coefficient (Wildman–Crippen LogP) is 1.04. The van der Waals surface area contributed by atoms with Gasteiger partial charge in [0.2, 0.25) is 5.91 Å². The molecule has 1 amide bonds. The second-order valence-electron chi connectivity index (χ2n) is 5.34. The van der Waals surface area contributed by atoms with Crippen LogP contribution in [0.1, 0.15) is 26.7 Å². The third-order valence-corrected chi connectivity index (χ3v) is 3.72. The van der Waals surface area contributed by atoms with E-state index >= 15 is 0 Å². The largest absolute Gasteiger partial charge is 0.381 e. The molecule has 1 saturated heterocycles. The number of likely N-dealkylation sites (N-methyl/N-ethyl adjacent to an activating group) is 1. The molecular weight excluding hydrogens is 301 g/mol. The smallest absolute Gasteiger partial charge is 0.237 e. The molecular formula is C13H29Cl2N3O2. The van der Waals surface area contributed by atoms with Crippen molar-refractivity contribution in [3.8, 4) is 0 Å². The highest BCUT2D eigenvalue weighted by Crippen LogP contribution is 2.17. The van der Waals surface area contributed by atoms with Gasteiger partial charge in [-0.3, -0.25) is 4.79 Å². The molecule has 122 valence electrons. The Balaban J connectivity index is 0. The Morgan fingerprint density at radius 1 is 1.35 bits per heavy atom. The third-order valence-electron chi connectivity index (χ3n) is 3.72. The maximum atomic E-state index is 11.9. The van der Waals surface area contributed by atoms with E-state index in [1.54, 1.807) is 0 Å². The van der Waals surface area contributed by atoms with Crippen LogP contribution in [-0.2, 0) is 9.53 Å². The van der Waals surface area contributed by atoms with E-state index < -0.39 is 6.04 Å². The van der Waals surface area contributed by atoms with Crippen molar-refractivity contribution in [1.82, 2.24) is 10.2 Å². The van der Waals surface area contributed by atoms with Gasteiger partial charge < -0.3 is 20.7 Å². The fourth-order valence-corrected chi connectivity index (χ4v) is 2.02. The second-order valence-corrected chi connectivity index (χ2v) is 5.34. The minimum atomic E-state index is -0.391. The molecule has 0 bridgehead atoms. The lowest BCUT2D eigenvalue weighted by Crippen LogP contribution is -2.48. The van der Waals surface area contributed by atoms with Crippen LogP contribution in [0.4, 0.5) is 0 Å². The maximum Gasteiger partial charge on any atom is 0.237 e. The molecule has 1 aliphatic heterocycles. The van der Waals surface area contributed by atoms with E-state index in [2.05, 4.69) is 31.1 Å². The number of amides is 1. The van der Waals surface area contributed by atoms with Crippen LogP contribution in [0.25, 0.3) is 0 Å². The molecule has 0 radical (unpaired) electrons. The van der Waals surface area contributed by atoms with Gasteiger partial charge >= 0.3 is 0 Å². The summed E-state index contributed by atoms with van der Waals surface area (Å²) in [7, 11) is 2.05. The van der Waals surface area contributed by atoms with Crippen molar-refractivity contribution in [2.75, 3.05) is 33.4 Å². The van der Waals surface area contributed by atoms with Crippen molar-refractivity contribution < 1.29 is 9.53 Å². The molecule has 3 N–H and O–H groups in total. The predicted molar refractivity (Wildman–Crippen MR) is 86.8 cm³/mol. The summed E-state index contributed by atoms with van der Waals surface area (Å²) in [6.07, 6.45) is 1.78. The van der Waals surface area contributed by atoms with Crippen LogP contribution in [0.3, 0.4) is 0 Å². The summed E-state index contributed by atoms with van der Waals surface area (Å²) in [6.45, 7) is 7.23. The van der Waals surface area contributed by atoms with Gasteiger partial charge in [-0.1, -0.05) is 0 Å². The molecule has 1 unspecified atom stereocenters. The zero-order valence-corrected chi connectivity index (χ0v) is 14.3. The molecule has 0 aliphatic carbocycles. The summed E-state index contributed by atoms with van der Waals surface area (Å²) in [4.78, 5) is 14.1. The van der Waals surface area contributed by atoms with Crippen molar-refractivity contribution in [2.45, 2.75) is 38.8 Å². The molecule has 0 spiro atoms. The molecule has 1 aliphatic rings. The first kappa shape index (κ1) is 22.2. The highest BCUT2D eigenvalue weighted by molar-refractivity contribution is 5.85. The van der Waals surface area contributed by atoms with Gasteiger partial charge in [-0.15, -0.1) is 24.8 Å². The second kappa shape index (κ2) is 11.6. The zero-order valence-electron chi connectivity index (χ0n) is 12.6. The van der Waals surface area contributed by atoms with Crippen LogP contribution in [0, 0.1) is 5.92 Å². The Morgan fingerprint density at radius 3 is 2.40 bits per heavy atom. The first-order valence-corrected chi connectivity index (χ1v) is 6.83. The summed E-state index contributed by atoms with van der Waals surface area (Å²) in [6, 6.07) is 0.101. The van der Waals surface area contributed by atoms with E-state index in [9.17, 15) is 4.79 Å². The van der Waals surface area contributed by atoms with Gasteiger partial charge in [0.15, 0.2) is 0 Å². The molecule has 0 aromatic rings. The van der Waals surface area contributed by atoms with Gasteiger partial charge in [0.1, 0.15) is 0 Å². The summed E-state index contributed by atoms with van der Waals surface area (Å²) in [5, 5.41) is 2.92. The molecule has 7 heteroatoms. The molecule has 1 atom stereocenters. The molecule has 0 saturated carbocycles. The van der Waals surface area contributed by atoms with Crippen molar-refractivity contribution in [3.63, 3.8) is 0 Å². The summed E-state index contributed by atoms with van der Waals surface area (Å²) in [5.74, 6) is 0.237. The Morgan fingerprint density at radius 2 is 1.90 bits per heavy atom. The normalized spacial score (nSPS) is 17.3. The summed E-state index contributed by atoms with van der Waals surface area (Å²) >= 11 is 0. The van der Waals surface area contributed by atoms with E-state index in [-0.39, 0.29) is 36.6 Å². The Kier molecular flexibility index (Phi) is 12.9. The average Bonchev–Trinajstić information content (AvgIpc) is 2.38. The molecule has 1 fully saturated rings. The first-order valence-electron chi connectivity index (χ1n) is 6.83. The number of ether oxygens (including phenoxy) is 1. The number of nitrogens with one attached hydrogen (secondary N) is 1. The van der Waals surface area contributed by atoms with Crippen molar-refractivity contribution in [1.29, 1.82) is 0 Å². The van der Waals surface area contributed by atoms with E-state index in [4.69, 9.17) is 10.5 Å². The van der Waals surface area contributed by atoms with Crippen LogP contribution in [0.15, 0.2) is 0 Å². The van der Waals surface area contributed by atoms with Gasteiger partial charge in [0, 0.05) is 32.3 Å². The molecule has 1 heterocycles. The van der Waals surface area contributed by atoms with Crippen LogP contribution in [-0.4, -0.2) is 56.2 Å². The highest BCUT2D eigenvalue weighted by Gasteiger charge is 2.26. The molecule has 0 aromatic carbocycles. The fraction of sp³-hybridized carbons (Fsp3) is 0.923. The number of carbonyl (C=O) groups excluding carboxylic acids is 1. The molecule has 1 rings (SSSR count). The monoisotopic (exact) mass is 329 g/mol. The number of rotatable bonds is 6. The number of nitrogens with two attached hydrogens (primary N) is 1. The zero-order chi connectivity index (χ0) is 13.5. The van der Waals surface area contributed by atoms with Crippen molar-refractivity contribution >= 4 is 30.7 Å². The minimum Gasteiger partial charge on any atom is -0.381 e. The fourth-order valence-electron chi connectivity index (χ4n) is 2.02. The van der Waals surface area contributed by atoms with Crippen LogP contribution in [0.2, 0.25) is 0 Å². The number of hydrogen-bond acceptors (Lipinski definition) is 4. The number of halogens is 2. The lowest BCUT2D eigenvalue weighted by atomic mass is 9.92. The average molecular weight is 330 g/mol. The third kappa shape index (κ3) is 7.64. The highest BCUT2D eigenvalue weighted by atomic mass is 35.5. The van der Waals surface area contributed by atoms with Gasteiger partial charge in [0.25, 0.3) is 0 Å². The van der Waals surface area contributed by atoms with Gasteiger partial charge in [0.05, 0.1) is 6.04 Å². The van der Waals surface area contributed by atoms with E-state index in [1.165, 1.54) is 0 Å². The van der Waals surface area contributed by atoms with Gasteiger partial charge in [-0.05, 0) is 39.7 Å². The minimum absolute atomic E-state index is 0. The topological polar surface area (TPSA) is 67.6 Å². The number of hydrogen-bond donors (Lipinski definition) is 2. The summed E-state index contributed by atoms with van der Waals surface area (Å²) in [5.41, 5.74) is 5.99. The number of nitrogens with zero attached hydrogens (tertiary/aromatic N) is 1. The SMILES string of the molecule is CC(C)N(C)CCNC(=O)C(N)C1CCOCC1.Cl.Cl. The van der Waals surface area contributed by atoms with Gasteiger partial charge in [-0.25, -0.2) is 0 Å². The van der Waals surface area contributed by atoms with Crippen molar-refractivity contribution in [3.05, 3.63) is 0 Å². The quantitative estimate of drug-likeness (QED) is 0.764. The standard InChI is InChI=1S/C13H27N3O2.2ClH/c1-10(2)16(3)7-6-15-13(17)12(14)11-4-8-18-9-5-11;;/h10-12H,4-9,14H2,1-3H3,(H,15,17);2*1H. The Bertz CT molecular complexity index is 262. The van der Waals surface area contributed by atoms with E-state index in [1.807, 2.05) is 0 Å². The van der Waals surface area contributed by atoms with Crippen molar-refractivity contribution in [2.24, 2.45) is 11.7 Å². The van der Waals surface area contributed by atoms with Crippen LogP contribution >= 0.6 is 24.8 Å². The Hall–Kier alpha value is -0.0700.